The first-order chi connectivity index (χ1) is 10.2. The monoisotopic (exact) mass is 321 g/mol. The number of aromatic carboxylic acids is 1. The normalized spacial score (nSPS) is 11.1. The van der Waals surface area contributed by atoms with Crippen LogP contribution in [0.4, 0.5) is 5.69 Å². The number of carboxylic acid groups (broad SMARTS) is 1. The highest BCUT2D eigenvalue weighted by Gasteiger charge is 2.20. The summed E-state index contributed by atoms with van der Waals surface area (Å²) in [5.74, 6) is -1.38. The Bertz CT molecular complexity index is 855. The number of nitro benzene ring substituents is 1. The van der Waals surface area contributed by atoms with Gasteiger partial charge in [-0.15, -0.1) is 0 Å². The number of rotatable bonds is 4. The first-order valence-electron chi connectivity index (χ1n) is 6.02. The Morgan fingerprint density at radius 2 is 1.64 bits per heavy atom. The SMILES string of the molecule is CS(=O)(=O)c1ccc(-c2ccc(C(=O)O)c([N+](=O)[O-])c2)cc1. The van der Waals surface area contributed by atoms with Gasteiger partial charge in [-0.1, -0.05) is 18.2 Å². The molecule has 1 N–H and O–H groups in total. The lowest BCUT2D eigenvalue weighted by atomic mass is 10.0. The van der Waals surface area contributed by atoms with Crippen LogP contribution in [0.3, 0.4) is 0 Å². The van der Waals surface area contributed by atoms with E-state index in [0.29, 0.717) is 11.1 Å². The second-order valence-electron chi connectivity index (χ2n) is 4.59. The van der Waals surface area contributed by atoms with Gasteiger partial charge in [-0.2, -0.15) is 0 Å². The Morgan fingerprint density at radius 3 is 2.09 bits per heavy atom. The van der Waals surface area contributed by atoms with Gasteiger partial charge in [-0.25, -0.2) is 13.2 Å². The maximum Gasteiger partial charge on any atom is 0.342 e. The molecule has 0 aliphatic rings. The van der Waals surface area contributed by atoms with Crippen molar-refractivity contribution in [2.24, 2.45) is 0 Å². The summed E-state index contributed by atoms with van der Waals surface area (Å²) in [5.41, 5.74) is 0.0582. The molecule has 0 fully saturated rings. The lowest BCUT2D eigenvalue weighted by molar-refractivity contribution is -0.385. The fourth-order valence-electron chi connectivity index (χ4n) is 1.94. The van der Waals surface area contributed by atoms with E-state index in [9.17, 15) is 23.3 Å². The molecular formula is C14H11NO6S. The summed E-state index contributed by atoms with van der Waals surface area (Å²) in [6, 6.07) is 9.54. The van der Waals surface area contributed by atoms with Crippen molar-refractivity contribution in [3.8, 4) is 11.1 Å². The molecule has 0 aromatic heterocycles. The highest BCUT2D eigenvalue weighted by atomic mass is 32.2. The van der Waals surface area contributed by atoms with Gasteiger partial charge in [-0.3, -0.25) is 10.1 Å². The Kier molecular flexibility index (Phi) is 3.96. The second kappa shape index (κ2) is 5.57. The van der Waals surface area contributed by atoms with Crippen molar-refractivity contribution in [3.63, 3.8) is 0 Å². The zero-order chi connectivity index (χ0) is 16.5. The standard InChI is InChI=1S/C14H11NO6S/c1-22(20,21)11-5-2-9(3-6-11)10-4-7-12(14(16)17)13(8-10)15(18)19/h2-8H,1H3,(H,16,17). The summed E-state index contributed by atoms with van der Waals surface area (Å²) in [4.78, 5) is 21.3. The molecule has 0 spiro atoms. The number of hydrogen-bond donors (Lipinski definition) is 1. The van der Waals surface area contributed by atoms with Gasteiger partial charge in [0.15, 0.2) is 9.84 Å². The molecule has 2 rings (SSSR count). The molecule has 2 aromatic rings. The van der Waals surface area contributed by atoms with Gasteiger partial charge < -0.3 is 5.11 Å². The Balaban J connectivity index is 2.52. The van der Waals surface area contributed by atoms with E-state index < -0.39 is 32.0 Å². The van der Waals surface area contributed by atoms with Crippen molar-refractivity contribution in [3.05, 3.63) is 58.1 Å². The molecular weight excluding hydrogens is 310 g/mol. The molecule has 0 aliphatic carbocycles. The van der Waals surface area contributed by atoms with Crippen LogP contribution in [0.1, 0.15) is 10.4 Å². The first kappa shape index (κ1) is 15.6. The van der Waals surface area contributed by atoms with Crippen LogP contribution in [-0.2, 0) is 9.84 Å². The second-order valence-corrected chi connectivity index (χ2v) is 6.61. The number of carboxylic acids is 1. The van der Waals surface area contributed by atoms with Gasteiger partial charge in [0.05, 0.1) is 9.82 Å². The summed E-state index contributed by atoms with van der Waals surface area (Å²) in [5, 5.41) is 19.9. The van der Waals surface area contributed by atoms with Gasteiger partial charge in [0, 0.05) is 12.3 Å². The minimum Gasteiger partial charge on any atom is -0.477 e. The van der Waals surface area contributed by atoms with Crippen molar-refractivity contribution < 1.29 is 23.2 Å². The molecule has 0 bridgehead atoms. The molecule has 0 saturated heterocycles. The van der Waals surface area contributed by atoms with E-state index in [1.54, 1.807) is 0 Å². The molecule has 0 aliphatic heterocycles. The fourth-order valence-corrected chi connectivity index (χ4v) is 2.57. The Labute approximate surface area is 125 Å². The molecule has 2 aromatic carbocycles. The maximum atomic E-state index is 11.4. The number of nitro groups is 1. The van der Waals surface area contributed by atoms with E-state index in [2.05, 4.69) is 0 Å². The molecule has 114 valence electrons. The maximum absolute atomic E-state index is 11.4. The minimum absolute atomic E-state index is 0.132. The highest BCUT2D eigenvalue weighted by Crippen LogP contribution is 2.28. The van der Waals surface area contributed by atoms with E-state index in [4.69, 9.17) is 5.11 Å². The van der Waals surface area contributed by atoms with Crippen molar-refractivity contribution in [2.45, 2.75) is 4.90 Å². The Morgan fingerprint density at radius 1 is 1.09 bits per heavy atom. The van der Waals surface area contributed by atoms with Crippen molar-refractivity contribution in [1.82, 2.24) is 0 Å². The first-order valence-corrected chi connectivity index (χ1v) is 7.91. The molecule has 0 radical (unpaired) electrons. The van der Waals surface area contributed by atoms with E-state index in [0.717, 1.165) is 18.4 Å². The average Bonchev–Trinajstić information content (AvgIpc) is 2.45. The molecule has 0 unspecified atom stereocenters. The van der Waals surface area contributed by atoms with E-state index >= 15 is 0 Å². The van der Waals surface area contributed by atoms with Crippen LogP contribution in [0, 0.1) is 10.1 Å². The lowest BCUT2D eigenvalue weighted by Gasteiger charge is -2.05. The number of benzene rings is 2. The van der Waals surface area contributed by atoms with Gasteiger partial charge >= 0.3 is 5.97 Å². The summed E-state index contributed by atoms with van der Waals surface area (Å²) in [6.07, 6.45) is 1.08. The third kappa shape index (κ3) is 3.12. The number of hydrogen-bond acceptors (Lipinski definition) is 5. The molecule has 0 amide bonds. The summed E-state index contributed by atoms with van der Waals surface area (Å²) < 4.78 is 22.8. The molecule has 0 heterocycles. The van der Waals surface area contributed by atoms with Gasteiger partial charge in [-0.05, 0) is 29.3 Å². The van der Waals surface area contributed by atoms with Crippen LogP contribution < -0.4 is 0 Å². The molecule has 0 atom stereocenters. The van der Waals surface area contributed by atoms with Gasteiger partial charge in [0.1, 0.15) is 5.56 Å². The summed E-state index contributed by atoms with van der Waals surface area (Å²) in [6.45, 7) is 0. The van der Waals surface area contributed by atoms with Crippen LogP contribution in [-0.4, -0.2) is 30.7 Å². The minimum atomic E-state index is -3.33. The van der Waals surface area contributed by atoms with Crippen LogP contribution in [0.25, 0.3) is 11.1 Å². The topological polar surface area (TPSA) is 115 Å². The quantitative estimate of drug-likeness (QED) is 0.683. The smallest absolute Gasteiger partial charge is 0.342 e. The molecule has 8 heteroatoms. The van der Waals surface area contributed by atoms with E-state index in [1.165, 1.54) is 30.3 Å². The zero-order valence-corrected chi connectivity index (χ0v) is 12.2. The van der Waals surface area contributed by atoms with Crippen LogP contribution in [0.15, 0.2) is 47.4 Å². The third-order valence-electron chi connectivity index (χ3n) is 3.04. The number of sulfone groups is 1. The van der Waals surface area contributed by atoms with Crippen LogP contribution in [0.2, 0.25) is 0 Å². The molecule has 0 saturated carbocycles. The fraction of sp³-hybridized carbons (Fsp3) is 0.0714. The Hall–Kier alpha value is -2.74. The molecule has 22 heavy (non-hydrogen) atoms. The lowest BCUT2D eigenvalue weighted by Crippen LogP contribution is -2.02. The van der Waals surface area contributed by atoms with Crippen molar-refractivity contribution in [1.29, 1.82) is 0 Å². The largest absolute Gasteiger partial charge is 0.477 e. The predicted molar refractivity (Wildman–Crippen MR) is 78.6 cm³/mol. The number of carbonyl (C=O) groups is 1. The van der Waals surface area contributed by atoms with E-state index in [1.807, 2.05) is 0 Å². The van der Waals surface area contributed by atoms with Crippen molar-refractivity contribution >= 4 is 21.5 Å². The van der Waals surface area contributed by atoms with Crippen LogP contribution >= 0.6 is 0 Å². The van der Waals surface area contributed by atoms with Gasteiger partial charge in [0.25, 0.3) is 5.69 Å². The van der Waals surface area contributed by atoms with Crippen molar-refractivity contribution in [2.75, 3.05) is 6.26 Å². The van der Waals surface area contributed by atoms with Crippen LogP contribution in [0.5, 0.6) is 0 Å². The summed E-state index contributed by atoms with van der Waals surface area (Å²) in [7, 11) is -3.33. The highest BCUT2D eigenvalue weighted by molar-refractivity contribution is 7.90. The summed E-state index contributed by atoms with van der Waals surface area (Å²) >= 11 is 0. The molecule has 7 nitrogen and oxygen atoms in total. The van der Waals surface area contributed by atoms with E-state index in [-0.39, 0.29) is 4.90 Å². The third-order valence-corrected chi connectivity index (χ3v) is 4.17. The predicted octanol–water partition coefficient (Wildman–Crippen LogP) is 2.36. The number of nitrogens with zero attached hydrogens (tertiary/aromatic N) is 1. The average molecular weight is 321 g/mol. The zero-order valence-electron chi connectivity index (χ0n) is 11.4. The van der Waals surface area contributed by atoms with Gasteiger partial charge in [0.2, 0.25) is 0 Å².